The van der Waals surface area contributed by atoms with Gasteiger partial charge in [0.05, 0.1) is 5.69 Å². The Balaban J connectivity index is 1.56. The van der Waals surface area contributed by atoms with Crippen LogP contribution in [0, 0.1) is 11.8 Å². The van der Waals surface area contributed by atoms with E-state index in [0.717, 1.165) is 30.1 Å². The van der Waals surface area contributed by atoms with Crippen LogP contribution in [0.2, 0.25) is 0 Å². The molecule has 4 rings (SSSR count). The number of nitrogens with zero attached hydrogens (tertiary/aromatic N) is 1. The molecule has 2 aromatic rings. The van der Waals surface area contributed by atoms with Gasteiger partial charge in [0.2, 0.25) is 0 Å². The van der Waals surface area contributed by atoms with E-state index < -0.39 is 0 Å². The minimum Gasteiger partial charge on any atom is -0.293 e. The number of hydrogen-bond donors (Lipinski definition) is 1. The Hall–Kier alpha value is -1.90. The number of aromatic amines is 1. The summed E-state index contributed by atoms with van der Waals surface area (Å²) in [5, 5.41) is 7.30. The van der Waals surface area contributed by atoms with E-state index in [0.29, 0.717) is 11.8 Å². The quantitative estimate of drug-likeness (QED) is 0.854. The first-order valence-electron chi connectivity index (χ1n) is 6.87. The van der Waals surface area contributed by atoms with E-state index in [9.17, 15) is 4.79 Å². The van der Waals surface area contributed by atoms with Crippen molar-refractivity contribution in [2.75, 3.05) is 0 Å². The molecule has 1 heterocycles. The number of carbonyl (C=O) groups excluding carboxylic acids is 1. The Labute approximate surface area is 112 Å². The van der Waals surface area contributed by atoms with Crippen LogP contribution in [0.1, 0.15) is 40.2 Å². The number of ketones is 1. The second-order valence-electron chi connectivity index (χ2n) is 5.77. The maximum absolute atomic E-state index is 11.5. The number of rotatable bonds is 3. The molecule has 3 heteroatoms. The van der Waals surface area contributed by atoms with Crippen molar-refractivity contribution in [1.29, 1.82) is 0 Å². The molecule has 2 aliphatic carbocycles. The molecule has 0 radical (unpaired) electrons. The standard InChI is InChI=1S/C16H16N2O/c1-9(19)15-13-8-12-11(14(12)16(13)18-17-15)7-10-5-3-2-4-6-10/h2-6,11-12,14H,7-8H2,1H3,(H,17,18). The summed E-state index contributed by atoms with van der Waals surface area (Å²) in [6.07, 6.45) is 2.17. The van der Waals surface area contributed by atoms with Gasteiger partial charge in [0, 0.05) is 18.4 Å². The largest absolute Gasteiger partial charge is 0.293 e. The van der Waals surface area contributed by atoms with Gasteiger partial charge in [0.1, 0.15) is 5.69 Å². The molecule has 1 N–H and O–H groups in total. The molecule has 96 valence electrons. The lowest BCUT2D eigenvalue weighted by molar-refractivity contribution is 0.101. The van der Waals surface area contributed by atoms with Gasteiger partial charge in [-0.2, -0.15) is 5.10 Å². The predicted molar refractivity (Wildman–Crippen MR) is 72.2 cm³/mol. The van der Waals surface area contributed by atoms with Crippen LogP contribution in [0.4, 0.5) is 0 Å². The molecule has 1 saturated carbocycles. The van der Waals surface area contributed by atoms with Crippen molar-refractivity contribution < 1.29 is 4.79 Å². The second-order valence-corrected chi connectivity index (χ2v) is 5.77. The maximum atomic E-state index is 11.5. The summed E-state index contributed by atoms with van der Waals surface area (Å²) in [4.78, 5) is 11.5. The number of Topliss-reactive ketones (excluding diaryl/α,β-unsaturated/α-hetero) is 1. The van der Waals surface area contributed by atoms with E-state index in [1.54, 1.807) is 6.92 Å². The van der Waals surface area contributed by atoms with E-state index in [1.807, 2.05) is 0 Å². The molecule has 3 atom stereocenters. The average molecular weight is 252 g/mol. The summed E-state index contributed by atoms with van der Waals surface area (Å²) in [5.74, 6) is 2.12. The van der Waals surface area contributed by atoms with E-state index in [-0.39, 0.29) is 5.78 Å². The number of fused-ring (bicyclic) bond motifs is 3. The minimum atomic E-state index is 0.106. The van der Waals surface area contributed by atoms with Crippen molar-refractivity contribution in [3.63, 3.8) is 0 Å². The molecular weight excluding hydrogens is 236 g/mol. The summed E-state index contributed by atoms with van der Waals surface area (Å²) >= 11 is 0. The van der Waals surface area contributed by atoms with E-state index in [4.69, 9.17) is 0 Å². The Morgan fingerprint density at radius 2 is 2.16 bits per heavy atom. The molecule has 1 fully saturated rings. The molecule has 3 unspecified atom stereocenters. The number of nitrogens with one attached hydrogen (secondary N) is 1. The Kier molecular flexibility index (Phi) is 2.19. The second kappa shape index (κ2) is 3.80. The van der Waals surface area contributed by atoms with E-state index in [1.165, 1.54) is 11.1 Å². The fraction of sp³-hybridized carbons (Fsp3) is 0.375. The van der Waals surface area contributed by atoms with Crippen molar-refractivity contribution in [3.8, 4) is 0 Å². The van der Waals surface area contributed by atoms with Gasteiger partial charge in [-0.15, -0.1) is 0 Å². The van der Waals surface area contributed by atoms with Gasteiger partial charge >= 0.3 is 0 Å². The average Bonchev–Trinajstić information content (AvgIpc) is 2.75. The first-order valence-corrected chi connectivity index (χ1v) is 6.87. The maximum Gasteiger partial charge on any atom is 0.177 e. The summed E-state index contributed by atoms with van der Waals surface area (Å²) in [6.45, 7) is 1.61. The van der Waals surface area contributed by atoms with Gasteiger partial charge in [-0.3, -0.25) is 9.89 Å². The summed E-state index contributed by atoms with van der Waals surface area (Å²) in [5.41, 5.74) is 4.49. The Morgan fingerprint density at radius 1 is 1.37 bits per heavy atom. The lowest BCUT2D eigenvalue weighted by atomic mass is 10.00. The van der Waals surface area contributed by atoms with Gasteiger partial charge in [0.15, 0.2) is 5.78 Å². The third-order valence-electron chi connectivity index (χ3n) is 4.65. The SMILES string of the molecule is CC(=O)c1[nH]nc2c1CC1C(Cc3ccccc3)C21. The Bertz CT molecular complexity index is 644. The molecule has 0 bridgehead atoms. The molecular formula is C16H16N2O. The van der Waals surface area contributed by atoms with Crippen LogP contribution in [0.5, 0.6) is 0 Å². The van der Waals surface area contributed by atoms with Crippen LogP contribution in [-0.4, -0.2) is 16.0 Å². The van der Waals surface area contributed by atoms with Crippen molar-refractivity contribution in [2.24, 2.45) is 11.8 Å². The smallest absolute Gasteiger partial charge is 0.177 e. The van der Waals surface area contributed by atoms with Crippen LogP contribution in [0.3, 0.4) is 0 Å². The van der Waals surface area contributed by atoms with Crippen LogP contribution in [0.25, 0.3) is 0 Å². The van der Waals surface area contributed by atoms with Crippen molar-refractivity contribution >= 4 is 5.78 Å². The molecule has 19 heavy (non-hydrogen) atoms. The number of aromatic nitrogens is 2. The summed E-state index contributed by atoms with van der Waals surface area (Å²) in [7, 11) is 0. The fourth-order valence-corrected chi connectivity index (χ4v) is 3.68. The van der Waals surface area contributed by atoms with Crippen LogP contribution in [0.15, 0.2) is 30.3 Å². The highest BCUT2D eigenvalue weighted by molar-refractivity contribution is 5.94. The molecule has 3 nitrogen and oxygen atoms in total. The minimum absolute atomic E-state index is 0.106. The lowest BCUT2D eigenvalue weighted by Gasteiger charge is -2.04. The Morgan fingerprint density at radius 3 is 2.89 bits per heavy atom. The fourth-order valence-electron chi connectivity index (χ4n) is 3.68. The zero-order chi connectivity index (χ0) is 13.0. The summed E-state index contributed by atoms with van der Waals surface area (Å²) in [6, 6.07) is 10.6. The topological polar surface area (TPSA) is 45.8 Å². The highest BCUT2D eigenvalue weighted by atomic mass is 16.1. The van der Waals surface area contributed by atoms with Crippen LogP contribution < -0.4 is 0 Å². The molecule has 2 aliphatic rings. The monoisotopic (exact) mass is 252 g/mol. The highest BCUT2D eigenvalue weighted by Gasteiger charge is 2.57. The summed E-state index contributed by atoms with van der Waals surface area (Å²) < 4.78 is 0. The number of carbonyl (C=O) groups is 1. The van der Waals surface area contributed by atoms with Gasteiger partial charge in [-0.1, -0.05) is 30.3 Å². The van der Waals surface area contributed by atoms with Gasteiger partial charge in [-0.05, 0) is 30.2 Å². The number of benzene rings is 1. The van der Waals surface area contributed by atoms with Crippen molar-refractivity contribution in [1.82, 2.24) is 10.2 Å². The molecule has 1 aromatic heterocycles. The third-order valence-corrected chi connectivity index (χ3v) is 4.65. The third kappa shape index (κ3) is 1.57. The first kappa shape index (κ1) is 11.0. The molecule has 0 aliphatic heterocycles. The van der Waals surface area contributed by atoms with Gasteiger partial charge < -0.3 is 0 Å². The van der Waals surface area contributed by atoms with E-state index in [2.05, 4.69) is 40.5 Å². The van der Waals surface area contributed by atoms with Gasteiger partial charge in [0.25, 0.3) is 0 Å². The zero-order valence-corrected chi connectivity index (χ0v) is 10.9. The van der Waals surface area contributed by atoms with Crippen molar-refractivity contribution in [2.45, 2.75) is 25.7 Å². The van der Waals surface area contributed by atoms with Gasteiger partial charge in [-0.25, -0.2) is 0 Å². The number of H-pyrrole nitrogens is 1. The van der Waals surface area contributed by atoms with E-state index >= 15 is 0 Å². The number of hydrogen-bond acceptors (Lipinski definition) is 2. The molecule has 0 amide bonds. The molecule has 0 saturated heterocycles. The lowest BCUT2D eigenvalue weighted by Crippen LogP contribution is -2.01. The molecule has 1 aromatic carbocycles. The molecule has 0 spiro atoms. The zero-order valence-electron chi connectivity index (χ0n) is 10.9. The normalized spacial score (nSPS) is 26.9. The predicted octanol–water partition coefficient (Wildman–Crippen LogP) is 2.74. The highest BCUT2D eigenvalue weighted by Crippen LogP contribution is 2.62. The van der Waals surface area contributed by atoms with Crippen LogP contribution >= 0.6 is 0 Å². The van der Waals surface area contributed by atoms with Crippen LogP contribution in [-0.2, 0) is 12.8 Å². The van der Waals surface area contributed by atoms with Crippen molar-refractivity contribution in [3.05, 3.63) is 52.8 Å². The first-order chi connectivity index (χ1) is 9.25.